The molecule has 5 heteroatoms. The van der Waals surface area contributed by atoms with Gasteiger partial charge in [0.05, 0.1) is 16.1 Å². The Kier molecular flexibility index (Phi) is 4.58. The number of carbonyl (C=O) groups is 1. The maximum Gasteiger partial charge on any atom is 0.253 e. The van der Waals surface area contributed by atoms with Crippen molar-refractivity contribution >= 4 is 34.5 Å². The second-order valence-corrected chi connectivity index (χ2v) is 6.47. The molecule has 104 valence electrons. The SMILES string of the molecule is Cc1cscc1C(=O)NC1(C(N)=S)CCCCCC1. The predicted octanol–water partition coefficient (Wildman–Crippen LogP) is 3.17. The standard InChI is InChI=1S/C14H20N2OS2/c1-10-8-19-9-11(10)12(17)16-14(13(15)18)6-4-2-3-5-7-14/h8-9H,2-7H2,1H3,(H2,15,18)(H,16,17). The monoisotopic (exact) mass is 296 g/mol. The van der Waals surface area contributed by atoms with Crippen molar-refractivity contribution in [3.63, 3.8) is 0 Å². The zero-order valence-electron chi connectivity index (χ0n) is 11.2. The molecule has 0 saturated heterocycles. The quantitative estimate of drug-likeness (QED) is 0.665. The van der Waals surface area contributed by atoms with Crippen LogP contribution >= 0.6 is 23.6 Å². The molecular formula is C14H20N2OS2. The number of hydrogen-bond acceptors (Lipinski definition) is 3. The molecular weight excluding hydrogens is 276 g/mol. The second-order valence-electron chi connectivity index (χ2n) is 5.28. The summed E-state index contributed by atoms with van der Waals surface area (Å²) in [4.78, 5) is 12.8. The molecule has 1 saturated carbocycles. The Morgan fingerprint density at radius 2 is 1.95 bits per heavy atom. The first kappa shape index (κ1) is 14.5. The lowest BCUT2D eigenvalue weighted by molar-refractivity contribution is 0.0917. The first-order chi connectivity index (χ1) is 9.05. The first-order valence-electron chi connectivity index (χ1n) is 6.70. The van der Waals surface area contributed by atoms with Crippen LogP contribution in [0.15, 0.2) is 10.8 Å². The highest BCUT2D eigenvalue weighted by atomic mass is 32.1. The molecule has 1 fully saturated rings. The van der Waals surface area contributed by atoms with Gasteiger partial charge in [0, 0.05) is 5.38 Å². The van der Waals surface area contributed by atoms with E-state index in [9.17, 15) is 4.79 Å². The highest BCUT2D eigenvalue weighted by Crippen LogP contribution is 2.28. The Morgan fingerprint density at radius 3 is 2.42 bits per heavy atom. The summed E-state index contributed by atoms with van der Waals surface area (Å²) in [5.41, 5.74) is 7.19. The van der Waals surface area contributed by atoms with E-state index in [0.29, 0.717) is 4.99 Å². The zero-order chi connectivity index (χ0) is 13.9. The topological polar surface area (TPSA) is 55.1 Å². The second kappa shape index (κ2) is 6.01. The van der Waals surface area contributed by atoms with E-state index in [1.165, 1.54) is 12.8 Å². The van der Waals surface area contributed by atoms with E-state index in [0.717, 1.165) is 36.8 Å². The smallest absolute Gasteiger partial charge is 0.253 e. The van der Waals surface area contributed by atoms with Crippen LogP contribution in [0.2, 0.25) is 0 Å². The van der Waals surface area contributed by atoms with E-state index in [2.05, 4.69) is 5.32 Å². The van der Waals surface area contributed by atoms with Crippen LogP contribution in [0.3, 0.4) is 0 Å². The predicted molar refractivity (Wildman–Crippen MR) is 83.7 cm³/mol. The van der Waals surface area contributed by atoms with Crippen molar-refractivity contribution in [3.8, 4) is 0 Å². The van der Waals surface area contributed by atoms with E-state index >= 15 is 0 Å². The van der Waals surface area contributed by atoms with Crippen LogP contribution in [0.1, 0.15) is 54.4 Å². The first-order valence-corrected chi connectivity index (χ1v) is 8.05. The molecule has 0 unspecified atom stereocenters. The Balaban J connectivity index is 2.19. The van der Waals surface area contributed by atoms with Gasteiger partial charge in [-0.1, -0.05) is 37.9 Å². The summed E-state index contributed by atoms with van der Waals surface area (Å²) < 4.78 is 0. The molecule has 3 nitrogen and oxygen atoms in total. The van der Waals surface area contributed by atoms with Gasteiger partial charge in [0.1, 0.15) is 0 Å². The fraction of sp³-hybridized carbons (Fsp3) is 0.571. The number of carbonyl (C=O) groups excluding carboxylic acids is 1. The minimum atomic E-state index is -0.489. The number of thiophene rings is 1. The third-order valence-corrected chi connectivity index (χ3v) is 5.13. The minimum Gasteiger partial charge on any atom is -0.391 e. The maximum atomic E-state index is 12.4. The fourth-order valence-corrected chi connectivity index (χ4v) is 3.73. The van der Waals surface area contributed by atoms with Crippen molar-refractivity contribution in [1.29, 1.82) is 0 Å². The molecule has 0 aromatic carbocycles. The van der Waals surface area contributed by atoms with Crippen molar-refractivity contribution in [3.05, 3.63) is 21.9 Å². The number of rotatable bonds is 3. The van der Waals surface area contributed by atoms with Gasteiger partial charge in [0.25, 0.3) is 5.91 Å². The third-order valence-electron chi connectivity index (χ3n) is 3.88. The number of nitrogens with two attached hydrogens (primary N) is 1. The Bertz CT molecular complexity index is 474. The lowest BCUT2D eigenvalue weighted by Gasteiger charge is -2.32. The van der Waals surface area contributed by atoms with Crippen molar-refractivity contribution < 1.29 is 4.79 Å². The molecule has 0 aliphatic heterocycles. The molecule has 1 aliphatic rings. The van der Waals surface area contributed by atoms with E-state index in [-0.39, 0.29) is 5.91 Å². The van der Waals surface area contributed by atoms with Crippen molar-refractivity contribution in [2.75, 3.05) is 0 Å². The fourth-order valence-electron chi connectivity index (χ4n) is 2.64. The summed E-state index contributed by atoms with van der Waals surface area (Å²) in [6.07, 6.45) is 6.24. The molecule has 1 aromatic rings. The summed E-state index contributed by atoms with van der Waals surface area (Å²) in [6.45, 7) is 1.95. The van der Waals surface area contributed by atoms with Crippen LogP contribution in [0, 0.1) is 6.92 Å². The van der Waals surface area contributed by atoms with E-state index in [1.54, 1.807) is 11.3 Å². The molecule has 1 aliphatic carbocycles. The van der Waals surface area contributed by atoms with Gasteiger partial charge in [-0.15, -0.1) is 0 Å². The van der Waals surface area contributed by atoms with Gasteiger partial charge in [-0.3, -0.25) is 4.79 Å². The van der Waals surface area contributed by atoms with Gasteiger partial charge in [0.2, 0.25) is 0 Å². The van der Waals surface area contributed by atoms with Gasteiger partial charge in [-0.25, -0.2) is 0 Å². The highest BCUT2D eigenvalue weighted by molar-refractivity contribution is 7.80. The normalized spacial score (nSPS) is 18.6. The number of aryl methyl sites for hydroxylation is 1. The Labute approximate surface area is 123 Å². The van der Waals surface area contributed by atoms with E-state index < -0.39 is 5.54 Å². The Hall–Kier alpha value is -0.940. The molecule has 2 rings (SSSR count). The third kappa shape index (κ3) is 3.15. The molecule has 0 spiro atoms. The number of nitrogens with one attached hydrogen (secondary N) is 1. The summed E-state index contributed by atoms with van der Waals surface area (Å²) >= 11 is 6.78. The van der Waals surface area contributed by atoms with E-state index in [4.69, 9.17) is 18.0 Å². The van der Waals surface area contributed by atoms with Crippen LogP contribution in [0.5, 0.6) is 0 Å². The number of amides is 1. The number of thiocarbonyl (C=S) groups is 1. The largest absolute Gasteiger partial charge is 0.391 e. The lowest BCUT2D eigenvalue weighted by Crippen LogP contribution is -2.56. The number of hydrogen-bond donors (Lipinski definition) is 2. The summed E-state index contributed by atoms with van der Waals surface area (Å²) in [5, 5.41) is 6.98. The summed E-state index contributed by atoms with van der Waals surface area (Å²) in [5.74, 6) is -0.0477. The zero-order valence-corrected chi connectivity index (χ0v) is 12.8. The van der Waals surface area contributed by atoms with Gasteiger partial charge in [-0.05, 0) is 30.7 Å². The van der Waals surface area contributed by atoms with Crippen LogP contribution < -0.4 is 11.1 Å². The van der Waals surface area contributed by atoms with Crippen molar-refractivity contribution in [1.82, 2.24) is 5.32 Å². The molecule has 0 radical (unpaired) electrons. The van der Waals surface area contributed by atoms with E-state index in [1.807, 2.05) is 17.7 Å². The molecule has 3 N–H and O–H groups in total. The van der Waals surface area contributed by atoms with Gasteiger partial charge in [-0.2, -0.15) is 11.3 Å². The van der Waals surface area contributed by atoms with Crippen LogP contribution in [0.25, 0.3) is 0 Å². The lowest BCUT2D eigenvalue weighted by atomic mass is 9.89. The van der Waals surface area contributed by atoms with Crippen LogP contribution in [0.4, 0.5) is 0 Å². The minimum absolute atomic E-state index is 0.0477. The maximum absolute atomic E-state index is 12.4. The molecule has 1 aromatic heterocycles. The molecule has 0 bridgehead atoms. The van der Waals surface area contributed by atoms with Crippen LogP contribution in [-0.2, 0) is 0 Å². The van der Waals surface area contributed by atoms with Crippen LogP contribution in [-0.4, -0.2) is 16.4 Å². The van der Waals surface area contributed by atoms with Crippen molar-refractivity contribution in [2.45, 2.75) is 51.0 Å². The average Bonchev–Trinajstić information content (AvgIpc) is 2.64. The molecule has 1 amide bonds. The van der Waals surface area contributed by atoms with Gasteiger partial charge >= 0.3 is 0 Å². The molecule has 1 heterocycles. The average molecular weight is 296 g/mol. The summed E-state index contributed by atoms with van der Waals surface area (Å²) in [6, 6.07) is 0. The van der Waals surface area contributed by atoms with Crippen molar-refractivity contribution in [2.24, 2.45) is 5.73 Å². The summed E-state index contributed by atoms with van der Waals surface area (Å²) in [7, 11) is 0. The van der Waals surface area contributed by atoms with Gasteiger partial charge < -0.3 is 11.1 Å². The molecule has 19 heavy (non-hydrogen) atoms. The molecule has 0 atom stereocenters. The highest BCUT2D eigenvalue weighted by Gasteiger charge is 2.36. The van der Waals surface area contributed by atoms with Gasteiger partial charge in [0.15, 0.2) is 0 Å². The Morgan fingerprint density at radius 1 is 1.32 bits per heavy atom.